The van der Waals surface area contributed by atoms with Gasteiger partial charge >= 0.3 is 5.97 Å². The highest BCUT2D eigenvalue weighted by atomic mass is 19.1. The Morgan fingerprint density at radius 3 is 2.94 bits per heavy atom. The van der Waals surface area contributed by atoms with E-state index in [1.807, 2.05) is 0 Å². The van der Waals surface area contributed by atoms with Gasteiger partial charge in [-0.2, -0.15) is 0 Å². The van der Waals surface area contributed by atoms with Gasteiger partial charge in [0, 0.05) is 12.5 Å². The van der Waals surface area contributed by atoms with Crippen LogP contribution in [0.3, 0.4) is 0 Å². The van der Waals surface area contributed by atoms with Crippen molar-refractivity contribution in [2.45, 2.75) is 12.3 Å². The van der Waals surface area contributed by atoms with E-state index in [4.69, 9.17) is 4.74 Å². The average Bonchev–Trinajstić information content (AvgIpc) is 2.38. The van der Waals surface area contributed by atoms with Crippen LogP contribution in [0.15, 0.2) is 24.3 Å². The highest BCUT2D eigenvalue weighted by Crippen LogP contribution is 2.31. The molecule has 2 atom stereocenters. The maximum atomic E-state index is 13.7. The smallest absolute Gasteiger partial charge is 0.309 e. The molecule has 0 unspecified atom stereocenters. The van der Waals surface area contributed by atoms with Gasteiger partial charge in [0.2, 0.25) is 0 Å². The lowest BCUT2D eigenvalue weighted by atomic mass is 9.81. The monoisotopic (exact) mass is 237 g/mol. The lowest BCUT2D eigenvalue weighted by Gasteiger charge is -2.30. The van der Waals surface area contributed by atoms with Crippen LogP contribution in [-0.4, -0.2) is 26.2 Å². The first-order chi connectivity index (χ1) is 8.24. The van der Waals surface area contributed by atoms with E-state index in [2.05, 4.69) is 5.32 Å². The molecule has 1 aliphatic rings. The number of nitrogens with one attached hydrogen (secondary N) is 1. The summed E-state index contributed by atoms with van der Waals surface area (Å²) >= 11 is 0. The van der Waals surface area contributed by atoms with Crippen LogP contribution in [0.4, 0.5) is 4.39 Å². The first kappa shape index (κ1) is 12.0. The van der Waals surface area contributed by atoms with Crippen molar-refractivity contribution in [3.8, 4) is 0 Å². The maximum absolute atomic E-state index is 13.7. The van der Waals surface area contributed by atoms with Gasteiger partial charge in [-0.3, -0.25) is 4.79 Å². The minimum atomic E-state index is -0.255. The molecule has 0 radical (unpaired) electrons. The summed E-state index contributed by atoms with van der Waals surface area (Å²) in [5.41, 5.74) is 0.593. The molecule has 92 valence electrons. The fourth-order valence-corrected chi connectivity index (χ4v) is 2.39. The number of carbonyl (C=O) groups excluding carboxylic acids is 1. The minimum Gasteiger partial charge on any atom is -0.469 e. The fourth-order valence-electron chi connectivity index (χ4n) is 2.39. The fraction of sp³-hybridized carbons (Fsp3) is 0.462. The molecule has 1 fully saturated rings. The second kappa shape index (κ2) is 5.27. The second-order valence-electron chi connectivity index (χ2n) is 4.25. The predicted molar refractivity (Wildman–Crippen MR) is 62.1 cm³/mol. The van der Waals surface area contributed by atoms with Crippen molar-refractivity contribution in [1.29, 1.82) is 0 Å². The molecule has 1 N–H and O–H groups in total. The summed E-state index contributed by atoms with van der Waals surface area (Å²) < 4.78 is 18.5. The van der Waals surface area contributed by atoms with Crippen molar-refractivity contribution in [2.24, 2.45) is 5.92 Å². The second-order valence-corrected chi connectivity index (χ2v) is 4.25. The molecule has 17 heavy (non-hydrogen) atoms. The average molecular weight is 237 g/mol. The van der Waals surface area contributed by atoms with Gasteiger partial charge in [-0.05, 0) is 24.6 Å². The van der Waals surface area contributed by atoms with Crippen molar-refractivity contribution in [3.05, 3.63) is 35.6 Å². The number of carbonyl (C=O) groups is 1. The molecule has 3 nitrogen and oxygen atoms in total. The van der Waals surface area contributed by atoms with Crippen LogP contribution in [0.2, 0.25) is 0 Å². The molecule has 0 spiro atoms. The van der Waals surface area contributed by atoms with Gasteiger partial charge in [-0.1, -0.05) is 18.2 Å². The summed E-state index contributed by atoms with van der Waals surface area (Å²) in [6.07, 6.45) is 0.686. The van der Waals surface area contributed by atoms with Crippen LogP contribution in [0.1, 0.15) is 17.9 Å². The normalized spacial score (nSPS) is 24.4. The number of hydrogen-bond acceptors (Lipinski definition) is 3. The topological polar surface area (TPSA) is 38.3 Å². The highest BCUT2D eigenvalue weighted by Gasteiger charge is 2.33. The maximum Gasteiger partial charge on any atom is 0.309 e. The van der Waals surface area contributed by atoms with Crippen molar-refractivity contribution in [2.75, 3.05) is 20.2 Å². The van der Waals surface area contributed by atoms with Crippen molar-refractivity contribution >= 4 is 5.97 Å². The zero-order valence-corrected chi connectivity index (χ0v) is 9.78. The van der Waals surface area contributed by atoms with Gasteiger partial charge in [0.25, 0.3) is 0 Å². The van der Waals surface area contributed by atoms with Crippen LogP contribution < -0.4 is 5.32 Å². The van der Waals surface area contributed by atoms with Crippen LogP contribution >= 0.6 is 0 Å². The Hall–Kier alpha value is -1.42. The van der Waals surface area contributed by atoms with Gasteiger partial charge in [-0.15, -0.1) is 0 Å². The number of esters is 1. The molecule has 0 aliphatic carbocycles. The Morgan fingerprint density at radius 1 is 1.47 bits per heavy atom. The Kier molecular flexibility index (Phi) is 3.74. The molecule has 0 amide bonds. The molecule has 1 aromatic carbocycles. The molecule has 0 saturated carbocycles. The Morgan fingerprint density at radius 2 is 2.24 bits per heavy atom. The molecule has 1 aliphatic heterocycles. The highest BCUT2D eigenvalue weighted by molar-refractivity contribution is 5.73. The van der Waals surface area contributed by atoms with E-state index in [9.17, 15) is 9.18 Å². The summed E-state index contributed by atoms with van der Waals surface area (Å²) in [5, 5.41) is 3.20. The molecule has 1 heterocycles. The molecule has 2 rings (SSSR count). The number of piperidine rings is 1. The molecular weight excluding hydrogens is 221 g/mol. The third kappa shape index (κ3) is 2.47. The standard InChI is InChI=1S/C13H16FNO2/c1-17-13(16)10-6-7-15-8-11(10)9-4-2-3-5-12(9)14/h2-5,10-11,15H,6-8H2,1H3/t10-,11-/m0/s1. The summed E-state index contributed by atoms with van der Waals surface area (Å²) in [6, 6.07) is 6.62. The van der Waals surface area contributed by atoms with Crippen LogP contribution in [-0.2, 0) is 9.53 Å². The number of ether oxygens (including phenoxy) is 1. The van der Waals surface area contributed by atoms with Crippen LogP contribution in [0.25, 0.3) is 0 Å². The van der Waals surface area contributed by atoms with E-state index in [0.717, 1.165) is 6.54 Å². The predicted octanol–water partition coefficient (Wildman–Crippen LogP) is 1.69. The Labute approximate surface area is 100.0 Å². The molecule has 0 aromatic heterocycles. The number of benzene rings is 1. The van der Waals surface area contributed by atoms with Crippen molar-refractivity contribution < 1.29 is 13.9 Å². The zero-order valence-electron chi connectivity index (χ0n) is 9.78. The van der Waals surface area contributed by atoms with Gasteiger partial charge in [0.1, 0.15) is 5.82 Å². The molecule has 1 aromatic rings. The van der Waals surface area contributed by atoms with E-state index in [-0.39, 0.29) is 23.6 Å². The minimum absolute atomic E-state index is 0.141. The van der Waals surface area contributed by atoms with Gasteiger partial charge in [-0.25, -0.2) is 4.39 Å². The van der Waals surface area contributed by atoms with Gasteiger partial charge in [0.05, 0.1) is 13.0 Å². The largest absolute Gasteiger partial charge is 0.469 e. The van der Waals surface area contributed by atoms with E-state index >= 15 is 0 Å². The molecule has 4 heteroatoms. The van der Waals surface area contributed by atoms with Gasteiger partial charge < -0.3 is 10.1 Å². The van der Waals surface area contributed by atoms with E-state index in [0.29, 0.717) is 18.5 Å². The van der Waals surface area contributed by atoms with Crippen molar-refractivity contribution in [3.63, 3.8) is 0 Å². The van der Waals surface area contributed by atoms with E-state index < -0.39 is 0 Å². The summed E-state index contributed by atoms with van der Waals surface area (Å²) in [6.45, 7) is 1.38. The number of rotatable bonds is 2. The first-order valence-electron chi connectivity index (χ1n) is 5.77. The molecular formula is C13H16FNO2. The lowest BCUT2D eigenvalue weighted by molar-refractivity contribution is -0.147. The van der Waals surface area contributed by atoms with E-state index in [1.165, 1.54) is 13.2 Å². The third-order valence-corrected chi connectivity index (χ3v) is 3.29. The number of methoxy groups -OCH3 is 1. The number of hydrogen-bond donors (Lipinski definition) is 1. The Bertz CT molecular complexity index is 408. The summed E-state index contributed by atoms with van der Waals surface area (Å²) in [7, 11) is 1.38. The van der Waals surface area contributed by atoms with Gasteiger partial charge in [0.15, 0.2) is 0 Å². The zero-order chi connectivity index (χ0) is 12.3. The summed E-state index contributed by atoms with van der Waals surface area (Å²) in [5.74, 6) is -0.898. The number of halogens is 1. The lowest BCUT2D eigenvalue weighted by Crippen LogP contribution is -2.39. The van der Waals surface area contributed by atoms with Crippen molar-refractivity contribution in [1.82, 2.24) is 5.32 Å². The summed E-state index contributed by atoms with van der Waals surface area (Å²) in [4.78, 5) is 11.7. The van der Waals surface area contributed by atoms with Crippen LogP contribution in [0, 0.1) is 11.7 Å². The van der Waals surface area contributed by atoms with Crippen LogP contribution in [0.5, 0.6) is 0 Å². The SMILES string of the molecule is COC(=O)[C@H]1CCNC[C@H]1c1ccccc1F. The van der Waals surface area contributed by atoms with E-state index in [1.54, 1.807) is 18.2 Å². The quantitative estimate of drug-likeness (QED) is 0.795. The first-order valence-corrected chi connectivity index (χ1v) is 5.77. The molecule has 1 saturated heterocycles. The molecule has 0 bridgehead atoms. The third-order valence-electron chi connectivity index (χ3n) is 3.29. The Balaban J connectivity index is 2.28.